The van der Waals surface area contributed by atoms with Gasteiger partial charge in [0.25, 0.3) is 0 Å². The number of carbonyl (C=O) groups excluding carboxylic acids is 1. The normalized spacial score (nSPS) is 10.7. The minimum Gasteiger partial charge on any atom is -0.469 e. The third kappa shape index (κ3) is 6.17. The number of esters is 1. The average molecular weight is 314 g/mol. The molecule has 1 aromatic carbocycles. The Balaban J connectivity index is 2.18. The van der Waals surface area contributed by atoms with Crippen LogP contribution in [-0.4, -0.2) is 38.1 Å². The van der Waals surface area contributed by atoms with Crippen molar-refractivity contribution in [1.82, 2.24) is 4.90 Å². The number of likely N-dealkylation sites (N-methyl/N-ethyl adjacent to an activating group) is 1. The van der Waals surface area contributed by atoms with Crippen molar-refractivity contribution in [3.63, 3.8) is 0 Å². The molecule has 0 N–H and O–H groups in total. The average Bonchev–Trinajstić information content (AvgIpc) is 2.38. The van der Waals surface area contributed by atoms with Gasteiger partial charge < -0.3 is 9.64 Å². The Morgan fingerprint density at radius 2 is 1.94 bits per heavy atom. The molecule has 0 bridgehead atoms. The molecule has 0 aliphatic carbocycles. The summed E-state index contributed by atoms with van der Waals surface area (Å²) < 4.78 is 5.72. The van der Waals surface area contributed by atoms with Gasteiger partial charge in [-0.05, 0) is 44.1 Å². The fourth-order valence-corrected chi connectivity index (χ4v) is 1.94. The minimum atomic E-state index is -0.128. The molecule has 0 amide bonds. The Morgan fingerprint density at radius 3 is 2.56 bits per heavy atom. The Kier molecular flexibility index (Phi) is 6.98. The number of methoxy groups -OCH3 is 1. The molecule has 0 saturated heterocycles. The summed E-state index contributed by atoms with van der Waals surface area (Å²) in [6.45, 7) is 1.93. The van der Waals surface area contributed by atoms with E-state index in [1.807, 2.05) is 0 Å². The van der Waals surface area contributed by atoms with Crippen LogP contribution in [0.3, 0.4) is 0 Å². The molecule has 0 spiro atoms. The largest absolute Gasteiger partial charge is 0.469 e. The maximum Gasteiger partial charge on any atom is 0.305 e. The lowest BCUT2D eigenvalue weighted by molar-refractivity contribution is -0.140. The topological polar surface area (TPSA) is 29.5 Å². The molecule has 0 saturated carbocycles. The Bertz CT molecular complexity index is 365. The van der Waals surface area contributed by atoms with Gasteiger partial charge in [0.05, 0.1) is 7.11 Å². The van der Waals surface area contributed by atoms with Gasteiger partial charge in [0, 0.05) is 17.4 Å². The van der Waals surface area contributed by atoms with E-state index >= 15 is 0 Å². The highest BCUT2D eigenvalue weighted by Gasteiger charge is 2.03. The summed E-state index contributed by atoms with van der Waals surface area (Å²) in [5.41, 5.74) is 1.33. The van der Waals surface area contributed by atoms with Crippen LogP contribution in [0.1, 0.15) is 18.4 Å². The second-order valence-corrected chi connectivity index (χ2v) is 5.28. The Labute approximate surface area is 117 Å². The van der Waals surface area contributed by atoms with E-state index < -0.39 is 0 Å². The lowest BCUT2D eigenvalue weighted by Crippen LogP contribution is -2.23. The molecule has 0 unspecified atom stereocenters. The standard InChI is InChI=1S/C14H20BrNO2/c1-16(10-3-4-14(17)18-2)11-9-12-5-7-13(15)8-6-12/h5-8H,3-4,9-11H2,1-2H3. The molecular formula is C14H20BrNO2. The highest BCUT2D eigenvalue weighted by atomic mass is 79.9. The van der Waals surface area contributed by atoms with Crippen molar-refractivity contribution in [1.29, 1.82) is 0 Å². The first-order valence-electron chi connectivity index (χ1n) is 6.11. The van der Waals surface area contributed by atoms with Gasteiger partial charge in [0.1, 0.15) is 0 Å². The fourth-order valence-electron chi connectivity index (χ4n) is 1.68. The number of hydrogen-bond acceptors (Lipinski definition) is 3. The molecule has 4 heteroatoms. The number of rotatable bonds is 7. The predicted octanol–water partition coefficient (Wildman–Crippen LogP) is 2.88. The van der Waals surface area contributed by atoms with Crippen molar-refractivity contribution in [2.24, 2.45) is 0 Å². The van der Waals surface area contributed by atoms with Crippen LogP contribution in [0.5, 0.6) is 0 Å². The van der Waals surface area contributed by atoms with Crippen LogP contribution in [0.4, 0.5) is 0 Å². The van der Waals surface area contributed by atoms with E-state index in [-0.39, 0.29) is 5.97 Å². The summed E-state index contributed by atoms with van der Waals surface area (Å²) in [6.07, 6.45) is 2.38. The number of ether oxygens (including phenoxy) is 1. The summed E-state index contributed by atoms with van der Waals surface area (Å²) in [6, 6.07) is 8.39. The third-order valence-corrected chi connectivity index (χ3v) is 3.37. The zero-order valence-electron chi connectivity index (χ0n) is 11.0. The Morgan fingerprint density at radius 1 is 1.28 bits per heavy atom. The molecule has 1 aromatic rings. The van der Waals surface area contributed by atoms with Crippen LogP contribution in [0.2, 0.25) is 0 Å². The smallest absolute Gasteiger partial charge is 0.305 e. The monoisotopic (exact) mass is 313 g/mol. The summed E-state index contributed by atoms with van der Waals surface area (Å²) >= 11 is 3.43. The maximum absolute atomic E-state index is 11.0. The van der Waals surface area contributed by atoms with Gasteiger partial charge in [0.2, 0.25) is 0 Å². The molecule has 0 heterocycles. The van der Waals surface area contributed by atoms with Crippen LogP contribution >= 0.6 is 15.9 Å². The van der Waals surface area contributed by atoms with Gasteiger partial charge >= 0.3 is 5.97 Å². The van der Waals surface area contributed by atoms with Crippen LogP contribution in [0.15, 0.2) is 28.7 Å². The van der Waals surface area contributed by atoms with Gasteiger partial charge in [-0.2, -0.15) is 0 Å². The van der Waals surface area contributed by atoms with Gasteiger partial charge in [-0.25, -0.2) is 0 Å². The van der Waals surface area contributed by atoms with Crippen molar-refractivity contribution in [2.75, 3.05) is 27.2 Å². The first-order valence-corrected chi connectivity index (χ1v) is 6.91. The van der Waals surface area contributed by atoms with Crippen LogP contribution in [-0.2, 0) is 16.0 Å². The van der Waals surface area contributed by atoms with E-state index in [0.29, 0.717) is 6.42 Å². The summed E-state index contributed by atoms with van der Waals surface area (Å²) in [4.78, 5) is 13.2. The van der Waals surface area contributed by atoms with Crippen molar-refractivity contribution >= 4 is 21.9 Å². The third-order valence-electron chi connectivity index (χ3n) is 2.84. The molecule has 100 valence electrons. The van der Waals surface area contributed by atoms with Gasteiger partial charge in [-0.15, -0.1) is 0 Å². The zero-order chi connectivity index (χ0) is 13.4. The van der Waals surface area contributed by atoms with Crippen LogP contribution < -0.4 is 0 Å². The number of halogens is 1. The minimum absolute atomic E-state index is 0.128. The molecule has 0 radical (unpaired) electrons. The van der Waals surface area contributed by atoms with Gasteiger partial charge in [-0.1, -0.05) is 28.1 Å². The van der Waals surface area contributed by atoms with E-state index in [4.69, 9.17) is 0 Å². The quantitative estimate of drug-likeness (QED) is 0.725. The van der Waals surface area contributed by atoms with Crippen LogP contribution in [0.25, 0.3) is 0 Å². The number of carbonyl (C=O) groups is 1. The first kappa shape index (κ1) is 15.2. The predicted molar refractivity (Wildman–Crippen MR) is 76.6 cm³/mol. The molecule has 1 rings (SSSR count). The second-order valence-electron chi connectivity index (χ2n) is 4.36. The molecule has 0 aromatic heterocycles. The van der Waals surface area contributed by atoms with Gasteiger partial charge in [-0.3, -0.25) is 4.79 Å². The first-order chi connectivity index (χ1) is 8.61. The zero-order valence-corrected chi connectivity index (χ0v) is 12.6. The molecule has 0 aliphatic rings. The number of benzene rings is 1. The van der Waals surface area contributed by atoms with Crippen molar-refractivity contribution < 1.29 is 9.53 Å². The summed E-state index contributed by atoms with van der Waals surface area (Å²) in [5, 5.41) is 0. The highest BCUT2D eigenvalue weighted by molar-refractivity contribution is 9.10. The molecule has 0 atom stereocenters. The van der Waals surface area contributed by atoms with Crippen molar-refractivity contribution in [3.05, 3.63) is 34.3 Å². The highest BCUT2D eigenvalue weighted by Crippen LogP contribution is 2.11. The number of nitrogens with zero attached hydrogens (tertiary/aromatic N) is 1. The second kappa shape index (κ2) is 8.27. The maximum atomic E-state index is 11.0. The number of hydrogen-bond donors (Lipinski definition) is 0. The fraction of sp³-hybridized carbons (Fsp3) is 0.500. The molecule has 18 heavy (non-hydrogen) atoms. The summed E-state index contributed by atoms with van der Waals surface area (Å²) in [5.74, 6) is -0.128. The molecular weight excluding hydrogens is 294 g/mol. The van der Waals surface area contributed by atoms with Gasteiger partial charge in [0.15, 0.2) is 0 Å². The van der Waals surface area contributed by atoms with E-state index in [0.717, 1.165) is 30.4 Å². The lowest BCUT2D eigenvalue weighted by Gasteiger charge is -2.16. The Hall–Kier alpha value is -0.870. The van der Waals surface area contributed by atoms with Crippen molar-refractivity contribution in [3.8, 4) is 0 Å². The van der Waals surface area contributed by atoms with E-state index in [1.165, 1.54) is 12.7 Å². The van der Waals surface area contributed by atoms with E-state index in [2.05, 4.69) is 56.9 Å². The summed E-state index contributed by atoms with van der Waals surface area (Å²) in [7, 11) is 3.51. The lowest BCUT2D eigenvalue weighted by atomic mass is 10.1. The van der Waals surface area contributed by atoms with Crippen LogP contribution in [0, 0.1) is 0 Å². The molecule has 0 fully saturated rings. The SMILES string of the molecule is COC(=O)CCCN(C)CCc1ccc(Br)cc1. The van der Waals surface area contributed by atoms with Crippen molar-refractivity contribution in [2.45, 2.75) is 19.3 Å². The molecule has 0 aliphatic heterocycles. The van der Waals surface area contributed by atoms with E-state index in [9.17, 15) is 4.79 Å². The van der Waals surface area contributed by atoms with E-state index in [1.54, 1.807) is 0 Å². The molecule has 3 nitrogen and oxygen atoms in total.